The van der Waals surface area contributed by atoms with Crippen molar-refractivity contribution >= 4 is 16.9 Å². The molecular weight excluding hydrogens is 206 g/mol. The smallest absolute Gasteiger partial charge is 0.341 e. The van der Waals surface area contributed by atoms with E-state index in [0.29, 0.717) is 17.5 Å². The van der Waals surface area contributed by atoms with Crippen LogP contribution >= 0.6 is 0 Å². The van der Waals surface area contributed by atoms with E-state index >= 15 is 0 Å². The summed E-state index contributed by atoms with van der Waals surface area (Å²) in [5.41, 5.74) is 1.14. The second-order valence-electron chi connectivity index (χ2n) is 3.46. The summed E-state index contributed by atoms with van der Waals surface area (Å²) in [4.78, 5) is 14.9. The molecule has 4 heteroatoms. The highest BCUT2D eigenvalue weighted by molar-refractivity contribution is 5.98. The first-order valence-corrected chi connectivity index (χ1v) is 4.99. The molecule has 0 atom stereocenters. The van der Waals surface area contributed by atoms with E-state index in [0.717, 1.165) is 5.39 Å². The first-order valence-electron chi connectivity index (χ1n) is 4.99. The van der Waals surface area contributed by atoms with Gasteiger partial charge in [0.1, 0.15) is 5.56 Å². The molecule has 1 aromatic carbocycles. The molecule has 0 aliphatic heterocycles. The van der Waals surface area contributed by atoms with Gasteiger partial charge in [0.25, 0.3) is 0 Å². The Morgan fingerprint density at radius 2 is 2.06 bits per heavy atom. The van der Waals surface area contributed by atoms with Crippen LogP contribution < -0.4 is 0 Å². The Morgan fingerprint density at radius 1 is 1.38 bits per heavy atom. The number of benzene rings is 1. The molecule has 0 fully saturated rings. The van der Waals surface area contributed by atoms with Crippen molar-refractivity contribution in [3.63, 3.8) is 0 Å². The lowest BCUT2D eigenvalue weighted by atomic mass is 10.0. The van der Waals surface area contributed by atoms with Crippen molar-refractivity contribution in [2.24, 2.45) is 0 Å². The number of rotatable bonds is 2. The summed E-state index contributed by atoms with van der Waals surface area (Å²) in [6.07, 6.45) is 0.540. The predicted octanol–water partition coefficient (Wildman–Crippen LogP) is 2.20. The Labute approximate surface area is 92.2 Å². The summed E-state index contributed by atoms with van der Waals surface area (Å²) >= 11 is 0. The quantitative estimate of drug-likeness (QED) is 0.809. The lowest BCUT2D eigenvalue weighted by Gasteiger charge is -2.09. The first-order chi connectivity index (χ1) is 7.65. The number of pyridine rings is 1. The number of nitrogens with zero attached hydrogens (tertiary/aromatic N) is 1. The molecule has 16 heavy (non-hydrogen) atoms. The summed E-state index contributed by atoms with van der Waals surface area (Å²) in [7, 11) is 0. The third-order valence-electron chi connectivity index (χ3n) is 2.55. The molecule has 0 unspecified atom stereocenters. The normalized spacial score (nSPS) is 10.6. The van der Waals surface area contributed by atoms with Crippen LogP contribution in [0.1, 0.15) is 22.8 Å². The van der Waals surface area contributed by atoms with Gasteiger partial charge in [0, 0.05) is 5.39 Å². The predicted molar refractivity (Wildman–Crippen MR) is 59.7 cm³/mol. The van der Waals surface area contributed by atoms with Gasteiger partial charge in [-0.3, -0.25) is 0 Å². The van der Waals surface area contributed by atoms with Crippen molar-refractivity contribution in [1.29, 1.82) is 0 Å². The van der Waals surface area contributed by atoms with Gasteiger partial charge in [-0.05, 0) is 18.1 Å². The van der Waals surface area contributed by atoms with Crippen molar-refractivity contribution in [3.05, 3.63) is 35.4 Å². The van der Waals surface area contributed by atoms with E-state index < -0.39 is 11.8 Å². The van der Waals surface area contributed by atoms with Crippen molar-refractivity contribution in [2.45, 2.75) is 13.3 Å². The van der Waals surface area contributed by atoms with Gasteiger partial charge in [-0.15, -0.1) is 0 Å². The average Bonchev–Trinajstić information content (AvgIpc) is 2.26. The van der Waals surface area contributed by atoms with E-state index in [1.165, 1.54) is 0 Å². The first kappa shape index (κ1) is 10.4. The van der Waals surface area contributed by atoms with Gasteiger partial charge in [-0.1, -0.05) is 25.1 Å². The van der Waals surface area contributed by atoms with E-state index in [2.05, 4.69) is 4.98 Å². The number of aromatic hydroxyl groups is 1. The SMILES string of the molecule is CCc1c(C(=O)O)c(O)nc2ccccc12. The molecule has 0 aliphatic rings. The van der Waals surface area contributed by atoms with Crippen molar-refractivity contribution in [3.8, 4) is 5.88 Å². The average molecular weight is 217 g/mol. The van der Waals surface area contributed by atoms with Crippen LogP contribution in [0.25, 0.3) is 10.9 Å². The summed E-state index contributed by atoms with van der Waals surface area (Å²) in [6, 6.07) is 7.19. The number of hydrogen-bond donors (Lipinski definition) is 2. The molecule has 0 saturated heterocycles. The maximum atomic E-state index is 11.0. The van der Waals surface area contributed by atoms with Crippen molar-refractivity contribution < 1.29 is 15.0 Å². The molecule has 82 valence electrons. The molecule has 0 amide bonds. The van der Waals surface area contributed by atoms with Crippen molar-refractivity contribution in [2.75, 3.05) is 0 Å². The number of para-hydroxylation sites is 1. The molecule has 1 heterocycles. The highest BCUT2D eigenvalue weighted by atomic mass is 16.4. The maximum absolute atomic E-state index is 11.0. The molecular formula is C12H11NO3. The molecule has 1 aromatic heterocycles. The van der Waals surface area contributed by atoms with Gasteiger partial charge < -0.3 is 10.2 Å². The summed E-state index contributed by atoms with van der Waals surface area (Å²) in [5.74, 6) is -1.56. The highest BCUT2D eigenvalue weighted by Gasteiger charge is 2.18. The number of aromatic carboxylic acids is 1. The van der Waals surface area contributed by atoms with Gasteiger partial charge in [0.05, 0.1) is 5.52 Å². The molecule has 0 aliphatic carbocycles. The zero-order chi connectivity index (χ0) is 11.7. The van der Waals surface area contributed by atoms with E-state index in [4.69, 9.17) is 5.11 Å². The molecule has 2 aromatic rings. The molecule has 4 nitrogen and oxygen atoms in total. The molecule has 2 rings (SSSR count). The molecule has 2 N–H and O–H groups in total. The fraction of sp³-hybridized carbons (Fsp3) is 0.167. The van der Waals surface area contributed by atoms with E-state index in [1.807, 2.05) is 19.1 Å². The van der Waals surface area contributed by atoms with Crippen LogP contribution in [0.5, 0.6) is 5.88 Å². The topological polar surface area (TPSA) is 70.4 Å². The van der Waals surface area contributed by atoms with Crippen LogP contribution in [-0.2, 0) is 6.42 Å². The van der Waals surface area contributed by atoms with E-state index in [9.17, 15) is 9.90 Å². The second kappa shape index (κ2) is 3.81. The Morgan fingerprint density at radius 3 is 2.69 bits per heavy atom. The molecule has 0 bridgehead atoms. The van der Waals surface area contributed by atoms with Crippen LogP contribution in [0.15, 0.2) is 24.3 Å². The Bertz CT molecular complexity index is 563. The number of aryl methyl sites for hydroxylation is 1. The van der Waals surface area contributed by atoms with Crippen LogP contribution in [-0.4, -0.2) is 21.2 Å². The zero-order valence-electron chi connectivity index (χ0n) is 8.77. The van der Waals surface area contributed by atoms with E-state index in [1.54, 1.807) is 12.1 Å². The third-order valence-corrected chi connectivity index (χ3v) is 2.55. The van der Waals surface area contributed by atoms with Gasteiger partial charge in [0.2, 0.25) is 5.88 Å². The van der Waals surface area contributed by atoms with E-state index in [-0.39, 0.29) is 5.56 Å². The van der Waals surface area contributed by atoms with Crippen molar-refractivity contribution in [1.82, 2.24) is 4.98 Å². The molecule has 0 spiro atoms. The Balaban J connectivity index is 2.90. The lowest BCUT2D eigenvalue weighted by molar-refractivity contribution is 0.0692. The van der Waals surface area contributed by atoms with Crippen LogP contribution in [0, 0.1) is 0 Å². The number of fused-ring (bicyclic) bond motifs is 1. The summed E-state index contributed by atoms with van der Waals surface area (Å²) in [5, 5.41) is 19.4. The minimum atomic E-state index is -1.15. The molecule has 0 saturated carbocycles. The van der Waals surface area contributed by atoms with Gasteiger partial charge in [-0.2, -0.15) is 0 Å². The van der Waals surface area contributed by atoms with Gasteiger partial charge >= 0.3 is 5.97 Å². The summed E-state index contributed by atoms with van der Waals surface area (Å²) < 4.78 is 0. The maximum Gasteiger partial charge on any atom is 0.341 e. The number of hydrogen-bond acceptors (Lipinski definition) is 3. The number of aromatic nitrogens is 1. The number of carboxylic acids is 1. The molecule has 0 radical (unpaired) electrons. The third kappa shape index (κ3) is 1.48. The number of carboxylic acid groups (broad SMARTS) is 1. The second-order valence-corrected chi connectivity index (χ2v) is 3.46. The zero-order valence-corrected chi connectivity index (χ0v) is 8.77. The standard InChI is InChI=1S/C12H11NO3/c1-2-7-8-5-3-4-6-9(8)13-11(14)10(7)12(15)16/h3-6H,2H2,1H3,(H,13,14)(H,15,16). The minimum absolute atomic E-state index is 0.0961. The summed E-state index contributed by atoms with van der Waals surface area (Å²) in [6.45, 7) is 1.85. The highest BCUT2D eigenvalue weighted by Crippen LogP contribution is 2.27. The monoisotopic (exact) mass is 217 g/mol. The largest absolute Gasteiger partial charge is 0.493 e. The fourth-order valence-electron chi connectivity index (χ4n) is 1.86. The van der Waals surface area contributed by atoms with Gasteiger partial charge in [-0.25, -0.2) is 9.78 Å². The van der Waals surface area contributed by atoms with Gasteiger partial charge in [0.15, 0.2) is 0 Å². The fourth-order valence-corrected chi connectivity index (χ4v) is 1.86. The lowest BCUT2D eigenvalue weighted by Crippen LogP contribution is -2.04. The Kier molecular flexibility index (Phi) is 2.48. The Hall–Kier alpha value is -2.10. The number of carbonyl (C=O) groups is 1. The minimum Gasteiger partial charge on any atom is -0.493 e. The van der Waals surface area contributed by atoms with Crippen LogP contribution in [0.2, 0.25) is 0 Å². The van der Waals surface area contributed by atoms with Crippen LogP contribution in [0.3, 0.4) is 0 Å². The van der Waals surface area contributed by atoms with Crippen LogP contribution in [0.4, 0.5) is 0 Å².